The zero-order valence-electron chi connectivity index (χ0n) is 9.17. The summed E-state index contributed by atoms with van der Waals surface area (Å²) in [5, 5.41) is 18.4. The fraction of sp³-hybridized carbons (Fsp3) is 0.333. The zero-order chi connectivity index (χ0) is 12.3. The number of hydrogen-bond donors (Lipinski definition) is 1. The van der Waals surface area contributed by atoms with Gasteiger partial charge in [-0.3, -0.25) is 0 Å². The summed E-state index contributed by atoms with van der Waals surface area (Å²) in [6, 6.07) is 9.69. The Morgan fingerprint density at radius 3 is 2.94 bits per heavy atom. The number of para-hydroxylation sites is 2. The van der Waals surface area contributed by atoms with Crippen molar-refractivity contribution in [2.45, 2.75) is 19.1 Å². The maximum atomic E-state index is 9.62. The number of alkyl halides is 1. The van der Waals surface area contributed by atoms with E-state index in [0.717, 1.165) is 11.0 Å². The van der Waals surface area contributed by atoms with Crippen molar-refractivity contribution in [1.82, 2.24) is 9.55 Å². The molecule has 4 nitrogen and oxygen atoms in total. The number of halogens is 1. The largest absolute Gasteiger partial charge is 0.390 e. The van der Waals surface area contributed by atoms with E-state index in [1.54, 1.807) is 0 Å². The Kier molecular flexibility index (Phi) is 3.62. The summed E-state index contributed by atoms with van der Waals surface area (Å²) in [6.07, 6.45) is -0.407. The number of nitriles is 1. The number of aromatic nitrogens is 2. The van der Waals surface area contributed by atoms with E-state index in [9.17, 15) is 5.11 Å². The van der Waals surface area contributed by atoms with Crippen LogP contribution in [-0.2, 0) is 13.0 Å². The van der Waals surface area contributed by atoms with E-state index in [1.807, 2.05) is 28.8 Å². The first-order valence-electron chi connectivity index (χ1n) is 5.31. The van der Waals surface area contributed by atoms with E-state index in [-0.39, 0.29) is 12.3 Å². The van der Waals surface area contributed by atoms with Crippen LogP contribution in [0.25, 0.3) is 11.0 Å². The van der Waals surface area contributed by atoms with E-state index in [4.69, 9.17) is 16.9 Å². The lowest BCUT2D eigenvalue weighted by molar-refractivity contribution is 0.177. The third-order valence-electron chi connectivity index (χ3n) is 2.54. The van der Waals surface area contributed by atoms with Crippen LogP contribution in [0.1, 0.15) is 5.82 Å². The van der Waals surface area contributed by atoms with E-state index in [0.29, 0.717) is 12.4 Å². The van der Waals surface area contributed by atoms with Gasteiger partial charge in [-0.15, -0.1) is 11.6 Å². The van der Waals surface area contributed by atoms with Crippen LogP contribution in [-0.4, -0.2) is 26.6 Å². The van der Waals surface area contributed by atoms with Crippen LogP contribution < -0.4 is 0 Å². The highest BCUT2D eigenvalue weighted by molar-refractivity contribution is 6.18. The van der Waals surface area contributed by atoms with Crippen molar-refractivity contribution < 1.29 is 5.11 Å². The molecule has 0 aliphatic carbocycles. The molecule has 1 atom stereocenters. The molecular formula is C12H12ClN3O. The molecule has 1 N–H and O–H groups in total. The highest BCUT2D eigenvalue weighted by Gasteiger charge is 2.12. The summed E-state index contributed by atoms with van der Waals surface area (Å²) in [6.45, 7) is 0.362. The van der Waals surface area contributed by atoms with Crippen LogP contribution in [0.5, 0.6) is 0 Å². The highest BCUT2D eigenvalue weighted by Crippen LogP contribution is 2.17. The first-order valence-corrected chi connectivity index (χ1v) is 5.85. The van der Waals surface area contributed by atoms with Crippen molar-refractivity contribution >= 4 is 22.6 Å². The average Bonchev–Trinajstić information content (AvgIpc) is 2.68. The molecule has 1 heterocycles. The van der Waals surface area contributed by atoms with Crippen molar-refractivity contribution in [2.75, 3.05) is 5.88 Å². The molecule has 1 aromatic carbocycles. The van der Waals surface area contributed by atoms with Gasteiger partial charge in [0.25, 0.3) is 0 Å². The van der Waals surface area contributed by atoms with Gasteiger partial charge in [0.15, 0.2) is 0 Å². The summed E-state index contributed by atoms with van der Waals surface area (Å²) >= 11 is 5.60. The molecule has 0 radical (unpaired) electrons. The molecule has 0 spiro atoms. The number of aliphatic hydroxyl groups is 1. The minimum atomic E-state index is -0.633. The molecule has 17 heavy (non-hydrogen) atoms. The predicted octanol–water partition coefficient (Wildman–Crippen LogP) is 1.70. The van der Waals surface area contributed by atoms with Gasteiger partial charge in [0.2, 0.25) is 0 Å². The van der Waals surface area contributed by atoms with Crippen LogP contribution in [0, 0.1) is 11.3 Å². The topological polar surface area (TPSA) is 61.8 Å². The molecule has 2 rings (SSSR count). The van der Waals surface area contributed by atoms with Crippen molar-refractivity contribution in [3.63, 3.8) is 0 Å². The minimum Gasteiger partial charge on any atom is -0.390 e. The molecule has 0 saturated carbocycles. The Morgan fingerprint density at radius 2 is 2.24 bits per heavy atom. The molecule has 2 aromatic rings. The fourth-order valence-electron chi connectivity index (χ4n) is 1.79. The summed E-state index contributed by atoms with van der Waals surface area (Å²) in [7, 11) is 0. The van der Waals surface area contributed by atoms with Gasteiger partial charge in [-0.1, -0.05) is 12.1 Å². The van der Waals surface area contributed by atoms with Gasteiger partial charge < -0.3 is 9.67 Å². The molecule has 0 bridgehead atoms. The maximum Gasteiger partial charge on any atom is 0.124 e. The lowest BCUT2D eigenvalue weighted by Crippen LogP contribution is -2.19. The van der Waals surface area contributed by atoms with Gasteiger partial charge in [-0.25, -0.2) is 4.98 Å². The van der Waals surface area contributed by atoms with Crippen LogP contribution in [0.4, 0.5) is 0 Å². The molecule has 1 aromatic heterocycles. The number of hydrogen-bond acceptors (Lipinski definition) is 3. The molecule has 88 valence electrons. The third-order valence-corrected chi connectivity index (χ3v) is 2.90. The number of benzene rings is 1. The Hall–Kier alpha value is -1.57. The number of aliphatic hydroxyl groups excluding tert-OH is 1. The second-order valence-electron chi connectivity index (χ2n) is 3.77. The number of imidazole rings is 1. The maximum absolute atomic E-state index is 9.62. The van der Waals surface area contributed by atoms with Crippen molar-refractivity contribution in [3.05, 3.63) is 30.1 Å². The molecular weight excluding hydrogens is 238 g/mol. The second-order valence-corrected chi connectivity index (χ2v) is 4.08. The van der Waals surface area contributed by atoms with Gasteiger partial charge in [0, 0.05) is 0 Å². The monoisotopic (exact) mass is 249 g/mol. The van der Waals surface area contributed by atoms with Gasteiger partial charge >= 0.3 is 0 Å². The number of fused-ring (bicyclic) bond motifs is 1. The smallest absolute Gasteiger partial charge is 0.124 e. The quantitative estimate of drug-likeness (QED) is 0.839. The van der Waals surface area contributed by atoms with E-state index in [1.165, 1.54) is 0 Å². The molecule has 0 aliphatic rings. The van der Waals surface area contributed by atoms with Crippen LogP contribution in [0.3, 0.4) is 0 Å². The molecule has 0 amide bonds. The number of rotatable bonds is 4. The number of nitrogens with zero attached hydrogens (tertiary/aromatic N) is 3. The van der Waals surface area contributed by atoms with Gasteiger partial charge in [-0.05, 0) is 12.1 Å². The van der Waals surface area contributed by atoms with Crippen LogP contribution in [0.2, 0.25) is 0 Å². The Labute approximate surface area is 104 Å². The first kappa shape index (κ1) is 11.9. The minimum absolute atomic E-state index is 0.165. The van der Waals surface area contributed by atoms with Gasteiger partial charge in [0.1, 0.15) is 5.82 Å². The molecule has 0 fully saturated rings. The Bertz CT molecular complexity index is 558. The summed E-state index contributed by atoms with van der Waals surface area (Å²) < 4.78 is 1.85. The lowest BCUT2D eigenvalue weighted by Gasteiger charge is -2.11. The summed E-state index contributed by atoms with van der Waals surface area (Å²) in [5.74, 6) is 0.830. The fourth-order valence-corrected chi connectivity index (χ4v) is 1.89. The van der Waals surface area contributed by atoms with Crippen molar-refractivity contribution in [1.29, 1.82) is 5.26 Å². The van der Waals surface area contributed by atoms with Crippen LogP contribution in [0.15, 0.2) is 24.3 Å². The molecule has 1 unspecified atom stereocenters. The van der Waals surface area contributed by atoms with Crippen LogP contribution >= 0.6 is 11.6 Å². The molecule has 0 aliphatic heterocycles. The van der Waals surface area contributed by atoms with E-state index >= 15 is 0 Å². The van der Waals surface area contributed by atoms with E-state index in [2.05, 4.69) is 11.1 Å². The lowest BCUT2D eigenvalue weighted by atomic mass is 10.3. The normalized spacial score (nSPS) is 12.5. The SMILES string of the molecule is N#CCc1nc2ccccc2n1CC(O)CCl. The van der Waals surface area contributed by atoms with Gasteiger partial charge in [0.05, 0.1) is 42.1 Å². The Morgan fingerprint density at radius 1 is 1.47 bits per heavy atom. The standard InChI is InChI=1S/C12H12ClN3O/c13-7-9(17)8-16-11-4-2-1-3-10(11)15-12(16)5-6-14/h1-4,9,17H,5,7-8H2. The predicted molar refractivity (Wildman–Crippen MR) is 65.8 cm³/mol. The summed E-state index contributed by atoms with van der Waals surface area (Å²) in [4.78, 5) is 4.38. The van der Waals surface area contributed by atoms with E-state index < -0.39 is 6.10 Å². The summed E-state index contributed by atoms with van der Waals surface area (Å²) in [5.41, 5.74) is 1.75. The average molecular weight is 250 g/mol. The molecule has 0 saturated heterocycles. The zero-order valence-corrected chi connectivity index (χ0v) is 9.93. The molecule has 5 heteroatoms. The second kappa shape index (κ2) is 5.17. The van der Waals surface area contributed by atoms with Gasteiger partial charge in [-0.2, -0.15) is 5.26 Å². The first-order chi connectivity index (χ1) is 8.26. The third kappa shape index (κ3) is 2.41. The van der Waals surface area contributed by atoms with Crippen molar-refractivity contribution in [2.24, 2.45) is 0 Å². The highest BCUT2D eigenvalue weighted by atomic mass is 35.5. The van der Waals surface area contributed by atoms with Crippen molar-refractivity contribution in [3.8, 4) is 6.07 Å². The Balaban J connectivity index is 2.48.